The number of hydrogen-bond donors (Lipinski definition) is 0. The molecule has 0 bridgehead atoms. The highest BCUT2D eigenvalue weighted by molar-refractivity contribution is 5.30. The fraction of sp³-hybridized carbons (Fsp3) is 0.692. The van der Waals surface area contributed by atoms with E-state index in [1.165, 1.54) is 17.7 Å². The van der Waals surface area contributed by atoms with Gasteiger partial charge in [-0.2, -0.15) is 13.2 Å². The number of hydrogen-bond acceptors (Lipinski definition) is 3. The predicted octanol–water partition coefficient (Wildman–Crippen LogP) is 6.47. The highest BCUT2D eigenvalue weighted by Gasteiger charge is 2.33. The van der Waals surface area contributed by atoms with Crippen LogP contribution in [-0.4, -0.2) is 51.0 Å². The molecule has 1 aliphatic rings. The second-order valence-corrected chi connectivity index (χ2v) is 9.85. The number of halogens is 3. The first-order valence-electron chi connectivity index (χ1n) is 11.7. The lowest BCUT2D eigenvalue weighted by Gasteiger charge is -2.40. The van der Waals surface area contributed by atoms with Crippen LogP contribution in [0, 0.1) is 5.92 Å². The summed E-state index contributed by atoms with van der Waals surface area (Å²) in [6.45, 7) is 12.6. The molecule has 0 unspecified atom stereocenters. The summed E-state index contributed by atoms with van der Waals surface area (Å²) in [5.74, 6) is 0.684. The molecule has 2 rings (SSSR count). The molecule has 1 aliphatic heterocycles. The van der Waals surface area contributed by atoms with Crippen molar-refractivity contribution in [2.24, 2.45) is 5.92 Å². The molecule has 1 saturated heterocycles. The van der Waals surface area contributed by atoms with Gasteiger partial charge in [-0.25, -0.2) is 0 Å². The summed E-state index contributed by atoms with van der Waals surface area (Å²) < 4.78 is 49.5. The maximum atomic E-state index is 12.9. The first-order chi connectivity index (χ1) is 15.0. The number of alkyl halides is 3. The monoisotopic (exact) mass is 455 g/mol. The average Bonchev–Trinajstić information content (AvgIpc) is 2.72. The average molecular weight is 456 g/mol. The van der Waals surface area contributed by atoms with E-state index in [1.807, 2.05) is 0 Å². The molecule has 3 nitrogen and oxygen atoms in total. The summed E-state index contributed by atoms with van der Waals surface area (Å²) in [6, 6.07) is 5.95. The zero-order valence-electron chi connectivity index (χ0n) is 20.3. The standard InChI is InChI=1S/C26H40F3NO2/c1-20(2)18-24(30-13-10-21(11-14-30)12-15-32-17-16-31-5)19-25(3,4)22-6-8-23(9-7-22)26(27,28)29/h6-9,18,21,24H,10-17,19H2,1-5H3/t24-/m0/s1. The van der Waals surface area contributed by atoms with Crippen LogP contribution >= 0.6 is 0 Å². The lowest BCUT2D eigenvalue weighted by molar-refractivity contribution is -0.137. The number of benzene rings is 1. The van der Waals surface area contributed by atoms with Gasteiger partial charge in [0.1, 0.15) is 0 Å². The zero-order chi connectivity index (χ0) is 23.8. The van der Waals surface area contributed by atoms with Crippen LogP contribution in [0.15, 0.2) is 35.9 Å². The van der Waals surface area contributed by atoms with E-state index in [0.717, 1.165) is 50.9 Å². The third-order valence-electron chi connectivity index (χ3n) is 6.46. The Morgan fingerprint density at radius 3 is 2.16 bits per heavy atom. The van der Waals surface area contributed by atoms with E-state index < -0.39 is 11.7 Å². The molecule has 1 heterocycles. The number of ether oxygens (including phenoxy) is 2. The molecule has 0 radical (unpaired) electrons. The van der Waals surface area contributed by atoms with Crippen LogP contribution in [0.1, 0.15) is 64.5 Å². The number of allylic oxidation sites excluding steroid dienone is 1. The van der Waals surface area contributed by atoms with E-state index in [9.17, 15) is 13.2 Å². The number of likely N-dealkylation sites (tertiary alicyclic amines) is 1. The Hall–Kier alpha value is -1.37. The lowest BCUT2D eigenvalue weighted by Crippen LogP contribution is -2.43. The Kier molecular flexibility index (Phi) is 10.2. The molecule has 1 aromatic rings. The van der Waals surface area contributed by atoms with Crippen molar-refractivity contribution in [1.29, 1.82) is 0 Å². The molecule has 0 aliphatic carbocycles. The van der Waals surface area contributed by atoms with Crippen molar-refractivity contribution in [3.63, 3.8) is 0 Å². The van der Waals surface area contributed by atoms with Crippen LogP contribution in [0.5, 0.6) is 0 Å². The Bertz CT molecular complexity index is 701. The van der Waals surface area contributed by atoms with Gasteiger partial charge in [0.2, 0.25) is 0 Å². The first-order valence-corrected chi connectivity index (χ1v) is 11.7. The van der Waals surface area contributed by atoms with Crippen LogP contribution in [0.25, 0.3) is 0 Å². The highest BCUT2D eigenvalue weighted by Crippen LogP contribution is 2.35. The number of nitrogens with zero attached hydrogens (tertiary/aromatic N) is 1. The van der Waals surface area contributed by atoms with Crippen molar-refractivity contribution in [3.8, 4) is 0 Å². The van der Waals surface area contributed by atoms with Crippen molar-refractivity contribution in [2.45, 2.75) is 71.0 Å². The number of methoxy groups -OCH3 is 1. The van der Waals surface area contributed by atoms with E-state index in [2.05, 4.69) is 38.7 Å². The van der Waals surface area contributed by atoms with Gasteiger partial charge >= 0.3 is 6.18 Å². The van der Waals surface area contributed by atoms with E-state index in [0.29, 0.717) is 19.1 Å². The number of piperidine rings is 1. The lowest BCUT2D eigenvalue weighted by atomic mass is 9.77. The van der Waals surface area contributed by atoms with Crippen molar-refractivity contribution in [1.82, 2.24) is 4.90 Å². The minimum atomic E-state index is -4.30. The van der Waals surface area contributed by atoms with Crippen molar-refractivity contribution >= 4 is 0 Å². The second kappa shape index (κ2) is 12.2. The largest absolute Gasteiger partial charge is 0.416 e. The molecule has 0 N–H and O–H groups in total. The molecular weight excluding hydrogens is 415 g/mol. The maximum absolute atomic E-state index is 12.9. The van der Waals surface area contributed by atoms with Crippen LogP contribution in [0.2, 0.25) is 0 Å². The van der Waals surface area contributed by atoms with Gasteiger partial charge in [-0.1, -0.05) is 37.6 Å². The quantitative estimate of drug-likeness (QED) is 0.282. The SMILES string of the molecule is COCCOCCC1CCN([C@@H](C=C(C)C)CC(C)(C)c2ccc(C(F)(F)F)cc2)CC1. The zero-order valence-corrected chi connectivity index (χ0v) is 20.3. The van der Waals surface area contributed by atoms with Gasteiger partial charge in [-0.05, 0) is 81.6 Å². The van der Waals surface area contributed by atoms with E-state index >= 15 is 0 Å². The molecule has 0 amide bonds. The summed E-state index contributed by atoms with van der Waals surface area (Å²) in [5, 5.41) is 0. The normalized spacial score (nSPS) is 17.4. The molecule has 0 spiro atoms. The van der Waals surface area contributed by atoms with Crippen LogP contribution in [0.4, 0.5) is 13.2 Å². The maximum Gasteiger partial charge on any atom is 0.416 e. The minimum absolute atomic E-state index is 0.229. The van der Waals surface area contributed by atoms with Gasteiger partial charge in [0.15, 0.2) is 0 Å². The number of rotatable bonds is 11. The van der Waals surface area contributed by atoms with Crippen molar-refractivity contribution < 1.29 is 22.6 Å². The van der Waals surface area contributed by atoms with Gasteiger partial charge in [-0.15, -0.1) is 0 Å². The molecule has 0 aromatic heterocycles. The van der Waals surface area contributed by atoms with E-state index in [1.54, 1.807) is 19.2 Å². The Balaban J connectivity index is 1.98. The summed E-state index contributed by atoms with van der Waals surface area (Å²) in [5.41, 5.74) is 1.39. The van der Waals surface area contributed by atoms with E-state index in [-0.39, 0.29) is 11.5 Å². The molecule has 6 heteroatoms. The third kappa shape index (κ3) is 8.53. The van der Waals surface area contributed by atoms with E-state index in [4.69, 9.17) is 9.47 Å². The fourth-order valence-corrected chi connectivity index (χ4v) is 4.50. The van der Waals surface area contributed by atoms with Crippen molar-refractivity contribution in [2.75, 3.05) is 40.0 Å². The topological polar surface area (TPSA) is 21.7 Å². The fourth-order valence-electron chi connectivity index (χ4n) is 4.50. The molecule has 0 saturated carbocycles. The molecule has 182 valence electrons. The van der Waals surface area contributed by atoms with Crippen LogP contribution in [-0.2, 0) is 21.1 Å². The first kappa shape index (κ1) is 26.9. The molecular formula is C26H40F3NO2. The Morgan fingerprint density at radius 1 is 1.03 bits per heavy atom. The summed E-state index contributed by atoms with van der Waals surface area (Å²) in [7, 11) is 1.68. The Morgan fingerprint density at radius 2 is 1.62 bits per heavy atom. The molecule has 1 aromatic carbocycles. The van der Waals surface area contributed by atoms with Gasteiger partial charge in [-0.3, -0.25) is 4.90 Å². The second-order valence-electron chi connectivity index (χ2n) is 9.85. The third-order valence-corrected chi connectivity index (χ3v) is 6.46. The van der Waals surface area contributed by atoms with Gasteiger partial charge < -0.3 is 9.47 Å². The highest BCUT2D eigenvalue weighted by atomic mass is 19.4. The molecule has 32 heavy (non-hydrogen) atoms. The predicted molar refractivity (Wildman–Crippen MR) is 124 cm³/mol. The smallest absolute Gasteiger partial charge is 0.382 e. The van der Waals surface area contributed by atoms with Crippen LogP contribution < -0.4 is 0 Å². The van der Waals surface area contributed by atoms with Gasteiger partial charge in [0.25, 0.3) is 0 Å². The van der Waals surface area contributed by atoms with Crippen LogP contribution in [0.3, 0.4) is 0 Å². The minimum Gasteiger partial charge on any atom is -0.382 e. The summed E-state index contributed by atoms with van der Waals surface area (Å²) >= 11 is 0. The van der Waals surface area contributed by atoms with Gasteiger partial charge in [0.05, 0.1) is 18.8 Å². The van der Waals surface area contributed by atoms with Crippen molar-refractivity contribution in [3.05, 3.63) is 47.0 Å². The van der Waals surface area contributed by atoms with Gasteiger partial charge in [0, 0.05) is 19.8 Å². The molecule has 1 fully saturated rings. The summed E-state index contributed by atoms with van der Waals surface area (Å²) in [6.07, 6.45) is 2.28. The Labute approximate surface area is 192 Å². The summed E-state index contributed by atoms with van der Waals surface area (Å²) in [4.78, 5) is 2.54. The molecule has 1 atom stereocenters.